The van der Waals surface area contributed by atoms with E-state index in [0.29, 0.717) is 12.2 Å². The number of aryl methyl sites for hydroxylation is 2. The first-order valence-corrected chi connectivity index (χ1v) is 8.06. The molecular formula is C17H24N4O2. The van der Waals surface area contributed by atoms with Crippen molar-refractivity contribution in [3.05, 3.63) is 29.5 Å². The van der Waals surface area contributed by atoms with E-state index in [1.807, 2.05) is 32.2 Å². The van der Waals surface area contributed by atoms with Gasteiger partial charge in [-0.25, -0.2) is 0 Å². The molecule has 1 aromatic carbocycles. The average molecular weight is 316 g/mol. The number of amides is 1. The monoisotopic (exact) mass is 316 g/mol. The maximum atomic E-state index is 12.5. The summed E-state index contributed by atoms with van der Waals surface area (Å²) < 4.78 is 7.47. The van der Waals surface area contributed by atoms with Gasteiger partial charge in [-0.15, -0.1) is 0 Å². The van der Waals surface area contributed by atoms with E-state index in [2.05, 4.69) is 22.4 Å². The molecule has 0 bridgehead atoms. The van der Waals surface area contributed by atoms with Gasteiger partial charge in [0, 0.05) is 32.1 Å². The molecule has 1 aromatic heterocycles. The van der Waals surface area contributed by atoms with Crippen LogP contribution in [0.25, 0.3) is 10.9 Å². The minimum absolute atomic E-state index is 0.120. The van der Waals surface area contributed by atoms with Gasteiger partial charge >= 0.3 is 0 Å². The Balaban J connectivity index is 1.63. The van der Waals surface area contributed by atoms with E-state index < -0.39 is 0 Å². The predicted molar refractivity (Wildman–Crippen MR) is 89.6 cm³/mol. The summed E-state index contributed by atoms with van der Waals surface area (Å²) in [7, 11) is 3.95. The number of nitrogens with zero attached hydrogens (tertiary/aromatic N) is 3. The second-order valence-corrected chi connectivity index (χ2v) is 6.29. The Kier molecular flexibility index (Phi) is 4.63. The van der Waals surface area contributed by atoms with Crippen LogP contribution in [-0.2, 0) is 11.8 Å². The minimum Gasteiger partial charge on any atom is -0.375 e. The summed E-state index contributed by atoms with van der Waals surface area (Å²) in [5.74, 6) is -0.120. The maximum absolute atomic E-state index is 12.5. The number of hydrogen-bond donors (Lipinski definition) is 1. The fraction of sp³-hybridized carbons (Fsp3) is 0.529. The Labute approximate surface area is 136 Å². The highest BCUT2D eigenvalue weighted by Crippen LogP contribution is 2.19. The second kappa shape index (κ2) is 6.68. The molecule has 23 heavy (non-hydrogen) atoms. The first-order valence-electron chi connectivity index (χ1n) is 8.06. The zero-order valence-corrected chi connectivity index (χ0v) is 14.0. The number of carbonyl (C=O) groups excluding carboxylic acids is 1. The van der Waals surface area contributed by atoms with Crippen molar-refractivity contribution in [2.45, 2.75) is 19.4 Å². The van der Waals surface area contributed by atoms with E-state index in [1.165, 1.54) is 0 Å². The van der Waals surface area contributed by atoms with Crippen LogP contribution in [0, 0.1) is 6.92 Å². The highest BCUT2D eigenvalue weighted by molar-refractivity contribution is 6.05. The van der Waals surface area contributed by atoms with Gasteiger partial charge in [0.15, 0.2) is 5.69 Å². The van der Waals surface area contributed by atoms with Crippen molar-refractivity contribution in [1.29, 1.82) is 0 Å². The molecule has 0 spiro atoms. The number of rotatable bonds is 4. The molecule has 6 nitrogen and oxygen atoms in total. The molecule has 2 heterocycles. The first kappa shape index (κ1) is 16.0. The lowest BCUT2D eigenvalue weighted by atomic mass is 10.1. The van der Waals surface area contributed by atoms with Gasteiger partial charge in [0.1, 0.15) is 0 Å². The van der Waals surface area contributed by atoms with E-state index in [1.54, 1.807) is 4.68 Å². The summed E-state index contributed by atoms with van der Waals surface area (Å²) in [5, 5.41) is 8.25. The van der Waals surface area contributed by atoms with Gasteiger partial charge in [-0.3, -0.25) is 9.48 Å². The molecule has 1 amide bonds. The molecule has 1 fully saturated rings. The number of carbonyl (C=O) groups is 1. The molecule has 2 aromatic rings. The van der Waals surface area contributed by atoms with Gasteiger partial charge in [-0.1, -0.05) is 11.6 Å². The van der Waals surface area contributed by atoms with Gasteiger partial charge in [0.05, 0.1) is 18.2 Å². The lowest BCUT2D eigenvalue weighted by Crippen LogP contribution is -2.41. The third-order valence-corrected chi connectivity index (χ3v) is 4.31. The van der Waals surface area contributed by atoms with Crippen molar-refractivity contribution in [2.24, 2.45) is 7.05 Å². The van der Waals surface area contributed by atoms with E-state index in [4.69, 9.17) is 4.74 Å². The molecule has 1 aliphatic heterocycles. The quantitative estimate of drug-likeness (QED) is 0.924. The van der Waals surface area contributed by atoms with Crippen LogP contribution >= 0.6 is 0 Å². The van der Waals surface area contributed by atoms with Crippen LogP contribution in [0.2, 0.25) is 0 Å². The summed E-state index contributed by atoms with van der Waals surface area (Å²) in [6.07, 6.45) is 1.01. The Bertz CT molecular complexity index is 710. The van der Waals surface area contributed by atoms with Crippen LogP contribution in [0.5, 0.6) is 0 Å². The van der Waals surface area contributed by atoms with Crippen LogP contribution in [-0.4, -0.2) is 60.0 Å². The molecule has 3 rings (SSSR count). The highest BCUT2D eigenvalue weighted by Gasteiger charge is 2.19. The van der Waals surface area contributed by atoms with Gasteiger partial charge < -0.3 is 15.0 Å². The minimum atomic E-state index is -0.120. The van der Waals surface area contributed by atoms with Crippen molar-refractivity contribution < 1.29 is 9.53 Å². The summed E-state index contributed by atoms with van der Waals surface area (Å²) in [6.45, 7) is 5.27. The lowest BCUT2D eigenvalue weighted by Gasteiger charge is -2.30. The number of hydrogen-bond acceptors (Lipinski definition) is 4. The maximum Gasteiger partial charge on any atom is 0.272 e. The van der Waals surface area contributed by atoms with E-state index in [9.17, 15) is 4.79 Å². The van der Waals surface area contributed by atoms with Crippen molar-refractivity contribution in [3.63, 3.8) is 0 Å². The zero-order chi connectivity index (χ0) is 16.4. The van der Waals surface area contributed by atoms with Crippen LogP contribution < -0.4 is 5.32 Å². The Morgan fingerprint density at radius 3 is 3.04 bits per heavy atom. The van der Waals surface area contributed by atoms with Crippen molar-refractivity contribution in [3.8, 4) is 0 Å². The second-order valence-electron chi connectivity index (χ2n) is 6.29. The van der Waals surface area contributed by atoms with Crippen molar-refractivity contribution in [1.82, 2.24) is 20.0 Å². The van der Waals surface area contributed by atoms with Crippen LogP contribution in [0.4, 0.5) is 0 Å². The van der Waals surface area contributed by atoms with Crippen LogP contribution in [0.1, 0.15) is 22.5 Å². The third-order valence-electron chi connectivity index (χ3n) is 4.31. The number of fused-ring (bicyclic) bond motifs is 1. The first-order chi connectivity index (χ1) is 11.0. The largest absolute Gasteiger partial charge is 0.375 e. The number of morpholine rings is 1. The Morgan fingerprint density at radius 2 is 2.26 bits per heavy atom. The van der Waals surface area contributed by atoms with E-state index >= 15 is 0 Å². The molecule has 0 aliphatic carbocycles. The third kappa shape index (κ3) is 3.54. The summed E-state index contributed by atoms with van der Waals surface area (Å²) in [5.41, 5.74) is 2.59. The summed E-state index contributed by atoms with van der Waals surface area (Å²) >= 11 is 0. The predicted octanol–water partition coefficient (Wildman–Crippen LogP) is 1.33. The van der Waals surface area contributed by atoms with Crippen LogP contribution in [0.15, 0.2) is 18.2 Å². The smallest absolute Gasteiger partial charge is 0.272 e. The van der Waals surface area contributed by atoms with E-state index in [-0.39, 0.29) is 12.0 Å². The van der Waals surface area contributed by atoms with Gasteiger partial charge in [-0.05, 0) is 32.5 Å². The molecule has 0 radical (unpaired) electrons. The fourth-order valence-electron chi connectivity index (χ4n) is 3.02. The molecule has 1 aliphatic rings. The molecule has 0 saturated carbocycles. The molecule has 1 atom stereocenters. The van der Waals surface area contributed by atoms with Gasteiger partial charge in [0.2, 0.25) is 0 Å². The van der Waals surface area contributed by atoms with Crippen LogP contribution in [0.3, 0.4) is 0 Å². The topological polar surface area (TPSA) is 59.4 Å². The lowest BCUT2D eigenvalue weighted by molar-refractivity contribution is -0.0226. The zero-order valence-electron chi connectivity index (χ0n) is 14.0. The van der Waals surface area contributed by atoms with E-state index in [0.717, 1.165) is 42.6 Å². The number of nitrogens with one attached hydrogen (secondary N) is 1. The number of likely N-dealkylation sites (N-methyl/N-ethyl adjacent to an activating group) is 1. The summed E-state index contributed by atoms with van der Waals surface area (Å²) in [6, 6.07) is 6.04. The van der Waals surface area contributed by atoms with Gasteiger partial charge in [-0.2, -0.15) is 5.10 Å². The average Bonchev–Trinajstić information content (AvgIpc) is 2.84. The Hall–Kier alpha value is -1.92. The molecule has 1 saturated heterocycles. The van der Waals surface area contributed by atoms with Crippen molar-refractivity contribution >= 4 is 16.8 Å². The molecular weight excluding hydrogens is 292 g/mol. The molecule has 1 unspecified atom stereocenters. The highest BCUT2D eigenvalue weighted by atomic mass is 16.5. The molecule has 124 valence electrons. The number of aromatic nitrogens is 2. The number of ether oxygens (including phenoxy) is 1. The van der Waals surface area contributed by atoms with Gasteiger partial charge in [0.25, 0.3) is 5.91 Å². The normalized spacial score (nSPS) is 19.2. The SMILES string of the molecule is Cc1ccc2c(c1)c(C(=O)NCCC1CN(C)CCO1)nn2C. The Morgan fingerprint density at radius 1 is 1.43 bits per heavy atom. The standard InChI is InChI=1S/C17H24N4O2/c1-12-4-5-15-14(10-12)16(19-21(15)3)17(22)18-7-6-13-11-20(2)8-9-23-13/h4-5,10,13H,6-9,11H2,1-3H3,(H,18,22). The van der Waals surface area contributed by atoms with Crippen molar-refractivity contribution in [2.75, 3.05) is 33.3 Å². The number of benzene rings is 1. The summed E-state index contributed by atoms with van der Waals surface area (Å²) in [4.78, 5) is 14.7. The fourth-order valence-corrected chi connectivity index (χ4v) is 3.02. The molecule has 1 N–H and O–H groups in total. The molecule has 6 heteroatoms.